The smallest absolute Gasteiger partial charge is 0.222 e. The average Bonchev–Trinajstić information content (AvgIpc) is 2.38. The van der Waals surface area contributed by atoms with Gasteiger partial charge in [0.15, 0.2) is 0 Å². The van der Waals surface area contributed by atoms with Crippen LogP contribution < -0.4 is 5.73 Å². The van der Waals surface area contributed by atoms with Crippen molar-refractivity contribution in [2.24, 2.45) is 0 Å². The van der Waals surface area contributed by atoms with E-state index in [1.807, 2.05) is 38.2 Å². The Balaban J connectivity index is 2.29. The number of aryl methyl sites for hydroxylation is 1. The van der Waals surface area contributed by atoms with Crippen molar-refractivity contribution in [1.29, 1.82) is 0 Å². The summed E-state index contributed by atoms with van der Waals surface area (Å²) < 4.78 is 5.22. The van der Waals surface area contributed by atoms with Gasteiger partial charge in [-0.05, 0) is 31.0 Å². The summed E-state index contributed by atoms with van der Waals surface area (Å²) in [6.45, 7) is 3.88. The molecule has 0 aliphatic rings. The SMILES string of the molecule is CCOCCN(C)C(=O)CCc1ccc(N)cc1. The summed E-state index contributed by atoms with van der Waals surface area (Å²) in [6, 6.07) is 7.64. The number of ether oxygens (including phenoxy) is 1. The summed E-state index contributed by atoms with van der Waals surface area (Å²) in [6.07, 6.45) is 1.27. The van der Waals surface area contributed by atoms with Gasteiger partial charge in [-0.15, -0.1) is 0 Å². The zero-order valence-corrected chi connectivity index (χ0v) is 11.2. The number of rotatable bonds is 7. The van der Waals surface area contributed by atoms with Crippen molar-refractivity contribution in [1.82, 2.24) is 4.90 Å². The van der Waals surface area contributed by atoms with Gasteiger partial charge in [-0.3, -0.25) is 4.79 Å². The van der Waals surface area contributed by atoms with Crippen LogP contribution in [0.1, 0.15) is 18.9 Å². The third-order valence-electron chi connectivity index (χ3n) is 2.81. The van der Waals surface area contributed by atoms with Crippen LogP contribution in [-0.4, -0.2) is 37.6 Å². The van der Waals surface area contributed by atoms with Crippen LogP contribution in [0.25, 0.3) is 0 Å². The summed E-state index contributed by atoms with van der Waals surface area (Å²) in [5, 5.41) is 0. The molecule has 1 amide bonds. The average molecular weight is 250 g/mol. The standard InChI is InChI=1S/C14H22N2O2/c1-3-18-11-10-16(2)14(17)9-6-12-4-7-13(15)8-5-12/h4-5,7-8H,3,6,9-11,15H2,1-2H3. The molecular formula is C14H22N2O2. The van der Waals surface area contributed by atoms with Crippen molar-refractivity contribution < 1.29 is 9.53 Å². The fourth-order valence-electron chi connectivity index (χ4n) is 1.60. The third-order valence-corrected chi connectivity index (χ3v) is 2.81. The van der Waals surface area contributed by atoms with Crippen molar-refractivity contribution >= 4 is 11.6 Å². The van der Waals surface area contributed by atoms with E-state index in [1.165, 1.54) is 0 Å². The van der Waals surface area contributed by atoms with Gasteiger partial charge in [0.2, 0.25) is 5.91 Å². The van der Waals surface area contributed by atoms with Crippen LogP contribution in [0.2, 0.25) is 0 Å². The fourth-order valence-corrected chi connectivity index (χ4v) is 1.60. The summed E-state index contributed by atoms with van der Waals surface area (Å²) in [5.74, 6) is 0.145. The maximum Gasteiger partial charge on any atom is 0.222 e. The number of benzene rings is 1. The minimum absolute atomic E-state index is 0.145. The van der Waals surface area contributed by atoms with Gasteiger partial charge in [-0.2, -0.15) is 0 Å². The van der Waals surface area contributed by atoms with Gasteiger partial charge in [0.05, 0.1) is 6.61 Å². The Kier molecular flexibility index (Phi) is 6.22. The van der Waals surface area contributed by atoms with Crippen molar-refractivity contribution in [3.05, 3.63) is 29.8 Å². The largest absolute Gasteiger partial charge is 0.399 e. The first kappa shape index (κ1) is 14.5. The fraction of sp³-hybridized carbons (Fsp3) is 0.500. The van der Waals surface area contributed by atoms with Crippen molar-refractivity contribution in [2.45, 2.75) is 19.8 Å². The number of nitrogens with two attached hydrogens (primary N) is 1. The molecule has 4 nitrogen and oxygen atoms in total. The molecule has 0 fully saturated rings. The van der Waals surface area contributed by atoms with Crippen LogP contribution in [0.4, 0.5) is 5.69 Å². The second-order valence-corrected chi connectivity index (χ2v) is 4.25. The highest BCUT2D eigenvalue weighted by molar-refractivity contribution is 5.76. The Morgan fingerprint density at radius 3 is 2.61 bits per heavy atom. The zero-order valence-electron chi connectivity index (χ0n) is 11.2. The summed E-state index contributed by atoms with van der Waals surface area (Å²) in [4.78, 5) is 13.5. The lowest BCUT2D eigenvalue weighted by Gasteiger charge is -2.16. The number of hydrogen-bond donors (Lipinski definition) is 1. The summed E-state index contributed by atoms with van der Waals surface area (Å²) >= 11 is 0. The maximum absolute atomic E-state index is 11.8. The Labute approximate surface area is 109 Å². The first-order valence-corrected chi connectivity index (χ1v) is 6.29. The lowest BCUT2D eigenvalue weighted by atomic mass is 10.1. The van der Waals surface area contributed by atoms with Crippen LogP contribution in [0.5, 0.6) is 0 Å². The van der Waals surface area contributed by atoms with E-state index in [-0.39, 0.29) is 5.91 Å². The highest BCUT2D eigenvalue weighted by Crippen LogP contribution is 2.08. The number of carbonyl (C=O) groups is 1. The van der Waals surface area contributed by atoms with E-state index < -0.39 is 0 Å². The van der Waals surface area contributed by atoms with Gasteiger partial charge in [-0.1, -0.05) is 12.1 Å². The topological polar surface area (TPSA) is 55.6 Å². The molecule has 1 rings (SSSR count). The van der Waals surface area contributed by atoms with Gasteiger partial charge in [0.25, 0.3) is 0 Å². The minimum Gasteiger partial charge on any atom is -0.399 e. The first-order chi connectivity index (χ1) is 8.63. The Morgan fingerprint density at radius 2 is 2.00 bits per heavy atom. The van der Waals surface area contributed by atoms with Gasteiger partial charge in [0, 0.05) is 32.3 Å². The van der Waals surface area contributed by atoms with E-state index in [2.05, 4.69) is 0 Å². The molecule has 0 spiro atoms. The van der Waals surface area contributed by atoms with Crippen molar-refractivity contribution in [3.8, 4) is 0 Å². The highest BCUT2D eigenvalue weighted by atomic mass is 16.5. The quantitative estimate of drug-likeness (QED) is 0.592. The lowest BCUT2D eigenvalue weighted by Crippen LogP contribution is -2.30. The monoisotopic (exact) mass is 250 g/mol. The molecule has 0 atom stereocenters. The number of amides is 1. The van der Waals surface area contributed by atoms with Crippen LogP contribution in [0, 0.1) is 0 Å². The number of nitrogens with zero attached hydrogens (tertiary/aromatic N) is 1. The predicted octanol–water partition coefficient (Wildman–Crippen LogP) is 1.70. The number of carbonyl (C=O) groups excluding carboxylic acids is 1. The molecule has 18 heavy (non-hydrogen) atoms. The van der Waals surface area contributed by atoms with Gasteiger partial charge in [0.1, 0.15) is 0 Å². The Hall–Kier alpha value is -1.55. The molecule has 0 unspecified atom stereocenters. The van der Waals surface area contributed by atoms with E-state index >= 15 is 0 Å². The Bertz CT molecular complexity index is 363. The van der Waals surface area contributed by atoms with E-state index in [1.54, 1.807) is 4.90 Å². The van der Waals surface area contributed by atoms with Gasteiger partial charge >= 0.3 is 0 Å². The zero-order chi connectivity index (χ0) is 13.4. The number of nitrogen functional groups attached to an aromatic ring is 1. The number of likely N-dealkylation sites (N-methyl/N-ethyl adjacent to an activating group) is 1. The molecule has 100 valence electrons. The first-order valence-electron chi connectivity index (χ1n) is 6.29. The van der Waals surface area contributed by atoms with E-state index in [9.17, 15) is 4.79 Å². The summed E-state index contributed by atoms with van der Waals surface area (Å²) in [5.41, 5.74) is 7.49. The lowest BCUT2D eigenvalue weighted by molar-refractivity contribution is -0.130. The molecule has 0 aliphatic carbocycles. The molecule has 1 aromatic rings. The summed E-state index contributed by atoms with van der Waals surface area (Å²) in [7, 11) is 1.81. The van der Waals surface area contributed by atoms with E-state index in [4.69, 9.17) is 10.5 Å². The van der Waals surface area contributed by atoms with E-state index in [0.717, 1.165) is 17.7 Å². The Morgan fingerprint density at radius 1 is 1.33 bits per heavy atom. The minimum atomic E-state index is 0.145. The van der Waals surface area contributed by atoms with Gasteiger partial charge in [-0.25, -0.2) is 0 Å². The predicted molar refractivity (Wildman–Crippen MR) is 73.3 cm³/mol. The highest BCUT2D eigenvalue weighted by Gasteiger charge is 2.08. The van der Waals surface area contributed by atoms with Crippen molar-refractivity contribution in [2.75, 3.05) is 32.5 Å². The molecule has 0 aliphatic heterocycles. The van der Waals surface area contributed by atoms with Crippen LogP contribution >= 0.6 is 0 Å². The molecule has 0 radical (unpaired) electrons. The number of anilines is 1. The second kappa shape index (κ2) is 7.71. The van der Waals surface area contributed by atoms with Crippen LogP contribution in [-0.2, 0) is 16.0 Å². The molecule has 0 bridgehead atoms. The second-order valence-electron chi connectivity index (χ2n) is 4.25. The van der Waals surface area contributed by atoms with E-state index in [0.29, 0.717) is 26.2 Å². The molecule has 0 aromatic heterocycles. The van der Waals surface area contributed by atoms with Crippen LogP contribution in [0.3, 0.4) is 0 Å². The third kappa shape index (κ3) is 5.19. The number of hydrogen-bond acceptors (Lipinski definition) is 3. The van der Waals surface area contributed by atoms with Crippen molar-refractivity contribution in [3.63, 3.8) is 0 Å². The maximum atomic E-state index is 11.8. The molecule has 1 aromatic carbocycles. The molecular weight excluding hydrogens is 228 g/mol. The molecule has 4 heteroatoms. The molecule has 0 saturated heterocycles. The molecule has 0 heterocycles. The van der Waals surface area contributed by atoms with Gasteiger partial charge < -0.3 is 15.4 Å². The molecule has 2 N–H and O–H groups in total. The normalized spacial score (nSPS) is 10.3. The van der Waals surface area contributed by atoms with Crippen LogP contribution in [0.15, 0.2) is 24.3 Å². The molecule has 0 saturated carbocycles.